The zero-order valence-corrected chi connectivity index (χ0v) is 11.2. The lowest BCUT2D eigenvalue weighted by Crippen LogP contribution is -2.41. The fraction of sp³-hybridized carbons (Fsp3) is 0.750. The SMILES string of the molecule is Cc1nnc(CCC(=O)NCCN2CCOCC2)o1. The Labute approximate surface area is 112 Å². The zero-order chi connectivity index (χ0) is 13.5. The third kappa shape index (κ3) is 4.96. The van der Waals surface area contributed by atoms with Crippen LogP contribution in [0.4, 0.5) is 0 Å². The van der Waals surface area contributed by atoms with E-state index in [1.54, 1.807) is 6.92 Å². The summed E-state index contributed by atoms with van der Waals surface area (Å²) < 4.78 is 10.5. The Morgan fingerprint density at radius 1 is 1.37 bits per heavy atom. The fourth-order valence-corrected chi connectivity index (χ4v) is 1.93. The lowest BCUT2D eigenvalue weighted by Gasteiger charge is -2.26. The van der Waals surface area contributed by atoms with Gasteiger partial charge in [-0.25, -0.2) is 0 Å². The average Bonchev–Trinajstić information content (AvgIpc) is 2.83. The van der Waals surface area contributed by atoms with Gasteiger partial charge in [0, 0.05) is 45.9 Å². The van der Waals surface area contributed by atoms with Crippen molar-refractivity contribution in [2.45, 2.75) is 19.8 Å². The molecule has 0 atom stereocenters. The van der Waals surface area contributed by atoms with Crippen molar-refractivity contribution in [1.82, 2.24) is 20.4 Å². The van der Waals surface area contributed by atoms with Crippen molar-refractivity contribution in [1.29, 1.82) is 0 Å². The van der Waals surface area contributed by atoms with Crippen molar-refractivity contribution in [2.75, 3.05) is 39.4 Å². The summed E-state index contributed by atoms with van der Waals surface area (Å²) in [6, 6.07) is 0. The van der Waals surface area contributed by atoms with Crippen LogP contribution in [0.2, 0.25) is 0 Å². The van der Waals surface area contributed by atoms with Gasteiger partial charge in [0.25, 0.3) is 0 Å². The normalized spacial score (nSPS) is 16.5. The van der Waals surface area contributed by atoms with Crippen LogP contribution < -0.4 is 5.32 Å². The first-order valence-electron chi connectivity index (χ1n) is 6.60. The third-order valence-electron chi connectivity index (χ3n) is 2.99. The van der Waals surface area contributed by atoms with Crippen molar-refractivity contribution in [3.05, 3.63) is 11.8 Å². The number of hydrogen-bond acceptors (Lipinski definition) is 6. The van der Waals surface area contributed by atoms with E-state index in [1.165, 1.54) is 0 Å². The molecule has 1 aromatic heterocycles. The number of rotatable bonds is 6. The Hall–Kier alpha value is -1.47. The van der Waals surface area contributed by atoms with Crippen LogP contribution in [0.1, 0.15) is 18.2 Å². The summed E-state index contributed by atoms with van der Waals surface area (Å²) in [5.41, 5.74) is 0. The van der Waals surface area contributed by atoms with Gasteiger partial charge >= 0.3 is 0 Å². The molecule has 7 heteroatoms. The van der Waals surface area contributed by atoms with Crippen molar-refractivity contribution in [2.24, 2.45) is 0 Å². The van der Waals surface area contributed by atoms with Crippen LogP contribution in [0.25, 0.3) is 0 Å². The highest BCUT2D eigenvalue weighted by molar-refractivity contribution is 5.75. The highest BCUT2D eigenvalue weighted by atomic mass is 16.5. The van der Waals surface area contributed by atoms with E-state index in [2.05, 4.69) is 20.4 Å². The van der Waals surface area contributed by atoms with Crippen molar-refractivity contribution in [3.63, 3.8) is 0 Å². The van der Waals surface area contributed by atoms with Crippen LogP contribution in [-0.4, -0.2) is 60.4 Å². The largest absolute Gasteiger partial charge is 0.426 e. The first-order chi connectivity index (χ1) is 9.24. The maximum absolute atomic E-state index is 11.6. The minimum absolute atomic E-state index is 0.0177. The molecule has 19 heavy (non-hydrogen) atoms. The molecule has 2 rings (SSSR count). The molecule has 2 heterocycles. The molecule has 0 radical (unpaired) electrons. The molecule has 1 N–H and O–H groups in total. The van der Waals surface area contributed by atoms with E-state index in [1.807, 2.05) is 0 Å². The predicted octanol–water partition coefficient (Wildman–Crippen LogP) is -0.241. The summed E-state index contributed by atoms with van der Waals surface area (Å²) in [5.74, 6) is 1.06. The number of amides is 1. The van der Waals surface area contributed by atoms with E-state index < -0.39 is 0 Å². The predicted molar refractivity (Wildman–Crippen MR) is 67.6 cm³/mol. The Bertz CT molecular complexity index is 401. The topological polar surface area (TPSA) is 80.5 Å². The van der Waals surface area contributed by atoms with Crippen LogP contribution in [0, 0.1) is 6.92 Å². The van der Waals surface area contributed by atoms with Gasteiger partial charge in [0.15, 0.2) is 0 Å². The van der Waals surface area contributed by atoms with E-state index >= 15 is 0 Å². The van der Waals surface area contributed by atoms with Gasteiger partial charge in [-0.15, -0.1) is 10.2 Å². The quantitative estimate of drug-likeness (QED) is 0.767. The van der Waals surface area contributed by atoms with E-state index in [4.69, 9.17) is 9.15 Å². The number of nitrogens with one attached hydrogen (secondary N) is 1. The monoisotopic (exact) mass is 268 g/mol. The third-order valence-corrected chi connectivity index (χ3v) is 2.99. The van der Waals surface area contributed by atoms with Crippen LogP contribution in [0.5, 0.6) is 0 Å². The summed E-state index contributed by atoms with van der Waals surface area (Å²) in [6.45, 7) is 6.72. The average molecular weight is 268 g/mol. The minimum Gasteiger partial charge on any atom is -0.426 e. The zero-order valence-electron chi connectivity index (χ0n) is 11.2. The Morgan fingerprint density at radius 2 is 2.16 bits per heavy atom. The lowest BCUT2D eigenvalue weighted by molar-refractivity contribution is -0.121. The molecule has 1 aliphatic heterocycles. The standard InChI is InChI=1S/C12H20N4O3/c1-10-14-15-12(19-10)3-2-11(17)13-4-5-16-6-8-18-9-7-16/h2-9H2,1H3,(H,13,17). The van der Waals surface area contributed by atoms with Crippen LogP contribution in [0.15, 0.2) is 4.42 Å². The second-order valence-corrected chi connectivity index (χ2v) is 4.52. The first kappa shape index (κ1) is 14.0. The van der Waals surface area contributed by atoms with Crippen LogP contribution in [-0.2, 0) is 16.0 Å². The van der Waals surface area contributed by atoms with Gasteiger partial charge in [0.05, 0.1) is 13.2 Å². The summed E-state index contributed by atoms with van der Waals surface area (Å²) in [5, 5.41) is 10.5. The Balaban J connectivity index is 1.56. The summed E-state index contributed by atoms with van der Waals surface area (Å²) in [6.07, 6.45) is 0.870. The number of aromatic nitrogens is 2. The van der Waals surface area contributed by atoms with Crippen molar-refractivity contribution >= 4 is 5.91 Å². The lowest BCUT2D eigenvalue weighted by atomic mass is 10.3. The van der Waals surface area contributed by atoms with E-state index in [0.717, 1.165) is 32.8 Å². The minimum atomic E-state index is 0.0177. The van der Waals surface area contributed by atoms with Gasteiger partial charge in [-0.1, -0.05) is 0 Å². The molecule has 1 aliphatic rings. The van der Waals surface area contributed by atoms with Crippen LogP contribution >= 0.6 is 0 Å². The van der Waals surface area contributed by atoms with E-state index in [0.29, 0.717) is 31.2 Å². The molecule has 1 aromatic rings. The first-order valence-corrected chi connectivity index (χ1v) is 6.60. The number of carbonyl (C=O) groups is 1. The van der Waals surface area contributed by atoms with Crippen molar-refractivity contribution < 1.29 is 13.9 Å². The number of carbonyl (C=O) groups excluding carboxylic acids is 1. The van der Waals surface area contributed by atoms with Crippen molar-refractivity contribution in [3.8, 4) is 0 Å². The number of nitrogens with zero attached hydrogens (tertiary/aromatic N) is 3. The summed E-state index contributed by atoms with van der Waals surface area (Å²) in [4.78, 5) is 13.9. The molecule has 1 amide bonds. The highest BCUT2D eigenvalue weighted by Gasteiger charge is 2.10. The van der Waals surface area contributed by atoms with Gasteiger partial charge < -0.3 is 14.5 Å². The van der Waals surface area contributed by atoms with E-state index in [-0.39, 0.29) is 5.91 Å². The van der Waals surface area contributed by atoms with Gasteiger partial charge in [-0.2, -0.15) is 0 Å². The Morgan fingerprint density at radius 3 is 2.84 bits per heavy atom. The number of aryl methyl sites for hydroxylation is 2. The highest BCUT2D eigenvalue weighted by Crippen LogP contribution is 2.01. The smallest absolute Gasteiger partial charge is 0.220 e. The molecule has 0 unspecified atom stereocenters. The fourth-order valence-electron chi connectivity index (χ4n) is 1.93. The van der Waals surface area contributed by atoms with E-state index in [9.17, 15) is 4.79 Å². The molecule has 0 aliphatic carbocycles. The molecule has 1 saturated heterocycles. The van der Waals surface area contributed by atoms with Gasteiger partial charge in [0.1, 0.15) is 0 Å². The van der Waals surface area contributed by atoms with Crippen LogP contribution in [0.3, 0.4) is 0 Å². The molecular weight excluding hydrogens is 248 g/mol. The maximum Gasteiger partial charge on any atom is 0.220 e. The molecule has 1 fully saturated rings. The number of morpholine rings is 1. The summed E-state index contributed by atoms with van der Waals surface area (Å²) >= 11 is 0. The van der Waals surface area contributed by atoms with Gasteiger partial charge in [-0.05, 0) is 0 Å². The van der Waals surface area contributed by atoms with Gasteiger partial charge in [0.2, 0.25) is 17.7 Å². The maximum atomic E-state index is 11.6. The second kappa shape index (κ2) is 7.20. The molecule has 106 valence electrons. The molecular formula is C12H20N4O3. The molecule has 0 saturated carbocycles. The molecule has 0 bridgehead atoms. The number of ether oxygens (including phenoxy) is 1. The second-order valence-electron chi connectivity index (χ2n) is 4.52. The summed E-state index contributed by atoms with van der Waals surface area (Å²) in [7, 11) is 0. The molecule has 0 spiro atoms. The molecule has 0 aromatic carbocycles. The van der Waals surface area contributed by atoms with Gasteiger partial charge in [-0.3, -0.25) is 9.69 Å². The Kier molecular flexibility index (Phi) is 5.29. The number of hydrogen-bond donors (Lipinski definition) is 1. The molecule has 7 nitrogen and oxygen atoms in total.